The van der Waals surface area contributed by atoms with E-state index in [1.54, 1.807) is 6.07 Å². The molecule has 4 rings (SSSR count). The first-order valence-electron chi connectivity index (χ1n) is 8.88. The molecule has 0 bridgehead atoms. The lowest BCUT2D eigenvalue weighted by atomic mass is 9.92. The first-order valence-corrected chi connectivity index (χ1v) is 9.76. The second kappa shape index (κ2) is 9.82. The minimum absolute atomic E-state index is 0. The van der Waals surface area contributed by atoms with Gasteiger partial charge in [0.05, 0.1) is 12.1 Å². The number of aromatic nitrogens is 1. The van der Waals surface area contributed by atoms with Crippen molar-refractivity contribution in [2.75, 3.05) is 26.2 Å². The maximum atomic E-state index is 13.4. The van der Waals surface area contributed by atoms with Crippen LogP contribution in [0.4, 0.5) is 4.39 Å². The first kappa shape index (κ1) is 22.1. The highest BCUT2D eigenvalue weighted by molar-refractivity contribution is 7.13. The number of thiazole rings is 1. The maximum Gasteiger partial charge on any atom is 0.228 e. The van der Waals surface area contributed by atoms with Crippen molar-refractivity contribution in [1.82, 2.24) is 15.2 Å². The monoisotopic (exact) mass is 431 g/mol. The van der Waals surface area contributed by atoms with E-state index in [0.717, 1.165) is 67.1 Å². The molecule has 2 aromatic rings. The van der Waals surface area contributed by atoms with Crippen molar-refractivity contribution in [1.29, 1.82) is 0 Å². The van der Waals surface area contributed by atoms with Crippen molar-refractivity contribution in [3.05, 3.63) is 41.2 Å². The van der Waals surface area contributed by atoms with E-state index in [-0.39, 0.29) is 36.5 Å². The zero-order valence-corrected chi connectivity index (χ0v) is 17.3. The molecule has 4 nitrogen and oxygen atoms in total. The topological polar surface area (TPSA) is 45.2 Å². The van der Waals surface area contributed by atoms with Gasteiger partial charge in [-0.05, 0) is 49.9 Å². The number of halogens is 3. The summed E-state index contributed by atoms with van der Waals surface area (Å²) in [6.07, 6.45) is 2.52. The Labute approximate surface area is 175 Å². The van der Waals surface area contributed by atoms with Gasteiger partial charge in [-0.1, -0.05) is 12.1 Å². The molecule has 2 fully saturated rings. The molecule has 8 heteroatoms. The van der Waals surface area contributed by atoms with Crippen molar-refractivity contribution in [3.8, 4) is 10.6 Å². The minimum Gasteiger partial charge on any atom is -0.342 e. The van der Waals surface area contributed by atoms with Crippen LogP contribution < -0.4 is 5.32 Å². The van der Waals surface area contributed by atoms with E-state index in [2.05, 4.69) is 10.3 Å². The van der Waals surface area contributed by atoms with Crippen LogP contribution in [0.5, 0.6) is 0 Å². The van der Waals surface area contributed by atoms with E-state index in [0.29, 0.717) is 6.42 Å². The van der Waals surface area contributed by atoms with Gasteiger partial charge in [0.1, 0.15) is 10.8 Å². The van der Waals surface area contributed by atoms with Gasteiger partial charge in [0.15, 0.2) is 0 Å². The number of carbonyl (C=O) groups is 1. The van der Waals surface area contributed by atoms with Crippen LogP contribution in [0.15, 0.2) is 29.6 Å². The highest BCUT2D eigenvalue weighted by atomic mass is 35.5. The van der Waals surface area contributed by atoms with E-state index in [4.69, 9.17) is 0 Å². The molecule has 0 saturated carbocycles. The molecule has 0 radical (unpaired) electrons. The molecule has 2 saturated heterocycles. The van der Waals surface area contributed by atoms with Gasteiger partial charge in [-0.25, -0.2) is 9.37 Å². The first-order chi connectivity index (χ1) is 12.2. The Balaban J connectivity index is 0.00000131. The molecular weight excluding hydrogens is 408 g/mol. The summed E-state index contributed by atoms with van der Waals surface area (Å²) in [6, 6.07) is 6.42. The van der Waals surface area contributed by atoms with Gasteiger partial charge in [-0.15, -0.1) is 36.2 Å². The number of benzene rings is 1. The number of rotatable bonds is 3. The third-order valence-electron chi connectivity index (χ3n) is 5.33. The molecule has 0 aliphatic carbocycles. The quantitative estimate of drug-likeness (QED) is 0.803. The van der Waals surface area contributed by atoms with Crippen molar-refractivity contribution in [3.63, 3.8) is 0 Å². The lowest BCUT2D eigenvalue weighted by Crippen LogP contribution is -2.34. The summed E-state index contributed by atoms with van der Waals surface area (Å²) in [6.45, 7) is 3.89. The number of hydrogen-bond donors (Lipinski definition) is 1. The molecule has 0 spiro atoms. The Morgan fingerprint density at radius 1 is 1.22 bits per heavy atom. The van der Waals surface area contributed by atoms with Gasteiger partial charge in [0.2, 0.25) is 5.91 Å². The van der Waals surface area contributed by atoms with E-state index in [9.17, 15) is 9.18 Å². The number of likely N-dealkylation sites (tertiary alicyclic amines) is 1. The summed E-state index contributed by atoms with van der Waals surface area (Å²) >= 11 is 1.46. The lowest BCUT2D eigenvalue weighted by Gasteiger charge is -2.20. The standard InChI is InChI=1S/C19H22FN3OS.2ClH/c20-16-3-1-2-13(8-16)19-22-17(12-25-19)9-18(24)23-6-4-14-10-21-11-15(14)5-7-23;;/h1-3,8,12,14-15,21H,4-7,9-11H2;2*1H/t14-,15+;;. The number of nitrogens with zero attached hydrogens (tertiary/aromatic N) is 2. The largest absolute Gasteiger partial charge is 0.342 e. The van der Waals surface area contributed by atoms with Crippen LogP contribution in [0.25, 0.3) is 10.6 Å². The highest BCUT2D eigenvalue weighted by Crippen LogP contribution is 2.28. The van der Waals surface area contributed by atoms with E-state index >= 15 is 0 Å². The summed E-state index contributed by atoms with van der Waals surface area (Å²) in [5.41, 5.74) is 1.54. The van der Waals surface area contributed by atoms with Crippen molar-refractivity contribution < 1.29 is 9.18 Å². The Bertz CT molecular complexity index is 759. The van der Waals surface area contributed by atoms with E-state index in [1.807, 2.05) is 16.3 Å². The predicted molar refractivity (Wildman–Crippen MR) is 111 cm³/mol. The molecule has 1 N–H and O–H groups in total. The zero-order chi connectivity index (χ0) is 17.2. The summed E-state index contributed by atoms with van der Waals surface area (Å²) in [5.74, 6) is 1.33. The molecule has 2 aliphatic rings. The van der Waals surface area contributed by atoms with Crippen LogP contribution >= 0.6 is 36.2 Å². The number of hydrogen-bond acceptors (Lipinski definition) is 4. The SMILES string of the molecule is Cl.Cl.O=C(Cc1csc(-c2cccc(F)c2)n1)N1CC[C@@H]2CNC[C@@H]2CC1. The third-order valence-corrected chi connectivity index (χ3v) is 6.27. The average Bonchev–Trinajstić information content (AvgIpc) is 3.20. The van der Waals surface area contributed by atoms with Crippen molar-refractivity contribution in [2.24, 2.45) is 11.8 Å². The van der Waals surface area contributed by atoms with Crippen LogP contribution in [-0.4, -0.2) is 42.0 Å². The molecular formula is C19H24Cl2FN3OS. The molecule has 3 heterocycles. The Kier molecular flexibility index (Phi) is 8.04. The Morgan fingerprint density at radius 2 is 1.93 bits per heavy atom. The number of nitrogens with one attached hydrogen (secondary N) is 1. The highest BCUT2D eigenvalue weighted by Gasteiger charge is 2.31. The van der Waals surface area contributed by atoms with Gasteiger partial charge in [-0.3, -0.25) is 4.79 Å². The summed E-state index contributed by atoms with van der Waals surface area (Å²) in [5, 5.41) is 6.13. The number of amides is 1. The molecule has 148 valence electrons. The fraction of sp³-hybridized carbons (Fsp3) is 0.474. The molecule has 1 aromatic heterocycles. The summed E-state index contributed by atoms with van der Waals surface area (Å²) in [4.78, 5) is 19.2. The van der Waals surface area contributed by atoms with Crippen LogP contribution in [0.2, 0.25) is 0 Å². The second-order valence-electron chi connectivity index (χ2n) is 6.97. The molecule has 27 heavy (non-hydrogen) atoms. The zero-order valence-electron chi connectivity index (χ0n) is 14.9. The normalized spacial score (nSPS) is 21.6. The van der Waals surface area contributed by atoms with Gasteiger partial charge in [-0.2, -0.15) is 0 Å². The van der Waals surface area contributed by atoms with Crippen molar-refractivity contribution >= 4 is 42.1 Å². The fourth-order valence-corrected chi connectivity index (χ4v) is 4.69. The van der Waals surface area contributed by atoms with Gasteiger partial charge in [0.25, 0.3) is 0 Å². The Hall–Kier alpha value is -1.21. The molecule has 2 aliphatic heterocycles. The van der Waals surface area contributed by atoms with Gasteiger partial charge in [0, 0.05) is 24.0 Å². The van der Waals surface area contributed by atoms with Crippen LogP contribution in [-0.2, 0) is 11.2 Å². The minimum atomic E-state index is -0.269. The molecule has 0 unspecified atom stereocenters. The Morgan fingerprint density at radius 3 is 2.59 bits per heavy atom. The predicted octanol–water partition coefficient (Wildman–Crippen LogP) is 3.79. The molecule has 1 aromatic carbocycles. The van der Waals surface area contributed by atoms with E-state index < -0.39 is 0 Å². The van der Waals surface area contributed by atoms with Gasteiger partial charge < -0.3 is 10.2 Å². The molecule has 2 atom stereocenters. The average molecular weight is 432 g/mol. The van der Waals surface area contributed by atoms with Crippen LogP contribution in [0.3, 0.4) is 0 Å². The van der Waals surface area contributed by atoms with Crippen LogP contribution in [0, 0.1) is 17.7 Å². The maximum absolute atomic E-state index is 13.4. The lowest BCUT2D eigenvalue weighted by molar-refractivity contribution is -0.130. The van der Waals surface area contributed by atoms with E-state index in [1.165, 1.54) is 23.5 Å². The van der Waals surface area contributed by atoms with Gasteiger partial charge >= 0.3 is 0 Å². The summed E-state index contributed by atoms with van der Waals surface area (Å²) < 4.78 is 13.4. The second-order valence-corrected chi connectivity index (χ2v) is 7.83. The van der Waals surface area contributed by atoms with Crippen LogP contribution in [0.1, 0.15) is 18.5 Å². The number of fused-ring (bicyclic) bond motifs is 1. The molecule has 1 amide bonds. The third kappa shape index (κ3) is 5.19. The number of carbonyl (C=O) groups excluding carboxylic acids is 1. The van der Waals surface area contributed by atoms with Crippen molar-refractivity contribution in [2.45, 2.75) is 19.3 Å². The smallest absolute Gasteiger partial charge is 0.228 e. The fourth-order valence-electron chi connectivity index (χ4n) is 3.88. The summed E-state index contributed by atoms with van der Waals surface area (Å²) in [7, 11) is 0.